The number of rotatable bonds is 8. The van der Waals surface area contributed by atoms with Crippen LogP contribution in [0.5, 0.6) is 0 Å². The molecule has 0 saturated heterocycles. The van der Waals surface area contributed by atoms with Crippen LogP contribution in [0.2, 0.25) is 0 Å². The van der Waals surface area contributed by atoms with Gasteiger partial charge in [-0.2, -0.15) is 0 Å². The maximum absolute atomic E-state index is 12.9. The topological polar surface area (TPSA) is 133 Å². The molecule has 0 amide bonds. The van der Waals surface area contributed by atoms with Crippen LogP contribution in [-0.2, 0) is 6.54 Å². The highest BCUT2D eigenvalue weighted by Gasteiger charge is 2.20. The van der Waals surface area contributed by atoms with Gasteiger partial charge in [0.15, 0.2) is 0 Å². The standard InChI is InChI=1S/C25H25N3O2S.C15H18N2O2S/c1-15(2)22-23(29)27-25(30)28(24(22)31-20-12-16(3)11-17(4)13-20)14-19-10-9-18-7-5-6-8-21(18)26-19;1-8(2)12-13(18)16-15(19)17-14(12)20-11-6-9(3)5-10(4)7-11/h5-13,15H,14H2,1-4H3,(H,27,29,30);5-8H,1-4H3,(H2,16,17,18,19). The predicted octanol–water partition coefficient (Wildman–Crippen LogP) is 7.98. The first-order valence-corrected chi connectivity index (χ1v) is 18.4. The first-order chi connectivity index (χ1) is 24.2. The minimum absolute atomic E-state index is 0.0337. The van der Waals surface area contributed by atoms with Gasteiger partial charge in [0, 0.05) is 15.2 Å². The SMILES string of the molecule is Cc1cc(C)cc(Sc2[nH]c(=O)[nH]c(=O)c2C(C)C)c1.Cc1cc(C)cc(Sc2c(C(C)C)c(=O)[nH]c(=O)n2Cc2ccc3ccccc3n2)c1. The molecule has 9 nitrogen and oxygen atoms in total. The van der Waals surface area contributed by atoms with Crippen LogP contribution < -0.4 is 22.5 Å². The van der Waals surface area contributed by atoms with Crippen LogP contribution in [0.4, 0.5) is 0 Å². The van der Waals surface area contributed by atoms with Crippen LogP contribution >= 0.6 is 23.5 Å². The van der Waals surface area contributed by atoms with Crippen molar-refractivity contribution in [3.8, 4) is 0 Å². The molecule has 3 N–H and O–H groups in total. The number of aromatic amines is 3. The van der Waals surface area contributed by atoms with Crippen LogP contribution in [-0.4, -0.2) is 24.5 Å². The van der Waals surface area contributed by atoms with Crippen LogP contribution in [0.1, 0.15) is 78.6 Å². The summed E-state index contributed by atoms with van der Waals surface area (Å²) < 4.78 is 1.64. The summed E-state index contributed by atoms with van der Waals surface area (Å²) in [4.78, 5) is 63.3. The molecule has 6 rings (SSSR count). The largest absolute Gasteiger partial charge is 0.329 e. The average Bonchev–Trinajstić information content (AvgIpc) is 3.01. The smallest absolute Gasteiger partial charge is 0.301 e. The van der Waals surface area contributed by atoms with Crippen molar-refractivity contribution in [3.63, 3.8) is 0 Å². The first kappa shape index (κ1) is 37.4. The van der Waals surface area contributed by atoms with Gasteiger partial charge in [0.25, 0.3) is 11.1 Å². The van der Waals surface area contributed by atoms with Crippen molar-refractivity contribution in [1.82, 2.24) is 24.5 Å². The minimum atomic E-state index is -0.466. The molecule has 0 aliphatic carbocycles. The molecule has 3 heterocycles. The highest BCUT2D eigenvalue weighted by atomic mass is 32.2. The Kier molecular flexibility index (Phi) is 11.7. The van der Waals surface area contributed by atoms with E-state index in [2.05, 4.69) is 39.2 Å². The fourth-order valence-corrected chi connectivity index (χ4v) is 8.70. The highest BCUT2D eigenvalue weighted by Crippen LogP contribution is 2.33. The zero-order valence-corrected chi connectivity index (χ0v) is 31.8. The van der Waals surface area contributed by atoms with Crippen molar-refractivity contribution in [1.29, 1.82) is 0 Å². The molecule has 3 aromatic carbocycles. The zero-order valence-electron chi connectivity index (χ0n) is 30.1. The summed E-state index contributed by atoms with van der Waals surface area (Å²) in [6, 6.07) is 24.3. The molecule has 3 aromatic heterocycles. The molecule has 0 radical (unpaired) electrons. The lowest BCUT2D eigenvalue weighted by Gasteiger charge is -2.18. The molecular formula is C40H43N5O4S2. The Balaban J connectivity index is 0.000000218. The lowest BCUT2D eigenvalue weighted by atomic mass is 10.1. The van der Waals surface area contributed by atoms with Crippen molar-refractivity contribution in [2.45, 2.75) is 93.6 Å². The monoisotopic (exact) mass is 721 g/mol. The molecule has 6 aromatic rings. The second-order valence-electron chi connectivity index (χ2n) is 13.4. The van der Waals surface area contributed by atoms with Gasteiger partial charge in [-0.15, -0.1) is 0 Å². The Morgan fingerprint density at radius 1 is 0.647 bits per heavy atom. The number of para-hydroxylation sites is 1. The van der Waals surface area contributed by atoms with Crippen molar-refractivity contribution in [2.75, 3.05) is 0 Å². The number of aryl methyl sites for hydroxylation is 4. The van der Waals surface area contributed by atoms with E-state index in [1.807, 2.05) is 104 Å². The summed E-state index contributed by atoms with van der Waals surface area (Å²) in [6.45, 7) is 16.3. The van der Waals surface area contributed by atoms with Gasteiger partial charge in [-0.05, 0) is 98.2 Å². The van der Waals surface area contributed by atoms with E-state index in [0.29, 0.717) is 21.2 Å². The van der Waals surface area contributed by atoms with Gasteiger partial charge in [0.05, 0.1) is 38.9 Å². The number of aromatic nitrogens is 5. The summed E-state index contributed by atoms with van der Waals surface area (Å²) >= 11 is 2.89. The zero-order chi connectivity index (χ0) is 37.0. The van der Waals surface area contributed by atoms with Gasteiger partial charge < -0.3 is 4.98 Å². The molecule has 0 spiro atoms. The highest BCUT2D eigenvalue weighted by molar-refractivity contribution is 7.99. The van der Waals surface area contributed by atoms with E-state index >= 15 is 0 Å². The molecule has 0 aliphatic rings. The quantitative estimate of drug-likeness (QED) is 0.136. The van der Waals surface area contributed by atoms with Gasteiger partial charge in [-0.1, -0.05) is 87.6 Å². The number of fused-ring (bicyclic) bond motifs is 1. The molecule has 0 bridgehead atoms. The fraction of sp³-hybridized carbons (Fsp3) is 0.275. The Labute approximate surface area is 305 Å². The van der Waals surface area contributed by atoms with E-state index in [9.17, 15) is 19.2 Å². The molecular weight excluding hydrogens is 679 g/mol. The molecule has 51 heavy (non-hydrogen) atoms. The Bertz CT molecular complexity index is 2420. The van der Waals surface area contributed by atoms with E-state index in [1.165, 1.54) is 23.5 Å². The lowest BCUT2D eigenvalue weighted by Crippen LogP contribution is -2.34. The molecule has 0 saturated carbocycles. The summed E-state index contributed by atoms with van der Waals surface area (Å²) in [6.07, 6.45) is 0. The lowest BCUT2D eigenvalue weighted by molar-refractivity contribution is 0.610. The number of hydrogen-bond acceptors (Lipinski definition) is 7. The second kappa shape index (κ2) is 16.0. The number of nitrogens with one attached hydrogen (secondary N) is 3. The maximum Gasteiger partial charge on any atom is 0.329 e. The Morgan fingerprint density at radius 3 is 1.78 bits per heavy atom. The minimum Gasteiger partial charge on any atom is -0.301 e. The van der Waals surface area contributed by atoms with E-state index in [4.69, 9.17) is 4.98 Å². The number of nitrogens with zero attached hydrogens (tertiary/aromatic N) is 2. The number of H-pyrrole nitrogens is 3. The van der Waals surface area contributed by atoms with Crippen LogP contribution in [0, 0.1) is 27.7 Å². The van der Waals surface area contributed by atoms with Gasteiger partial charge in [0.1, 0.15) is 0 Å². The van der Waals surface area contributed by atoms with Crippen LogP contribution in [0.3, 0.4) is 0 Å². The summed E-state index contributed by atoms with van der Waals surface area (Å²) in [5.41, 5.74) is 5.96. The fourth-order valence-electron chi connectivity index (χ4n) is 5.98. The van der Waals surface area contributed by atoms with Gasteiger partial charge in [-0.25, -0.2) is 9.59 Å². The molecule has 0 fully saturated rings. The van der Waals surface area contributed by atoms with Crippen molar-refractivity contribution in [3.05, 3.63) is 154 Å². The summed E-state index contributed by atoms with van der Waals surface area (Å²) in [5.74, 6) is 0.0116. The summed E-state index contributed by atoms with van der Waals surface area (Å²) in [5, 5.41) is 2.34. The van der Waals surface area contributed by atoms with Gasteiger partial charge in [0.2, 0.25) is 0 Å². The van der Waals surface area contributed by atoms with E-state index in [0.717, 1.165) is 48.6 Å². The third-order valence-electron chi connectivity index (χ3n) is 8.08. The third-order valence-corrected chi connectivity index (χ3v) is 10.2. The van der Waals surface area contributed by atoms with Gasteiger partial charge >= 0.3 is 11.4 Å². The molecule has 0 aliphatic heterocycles. The van der Waals surface area contributed by atoms with Crippen LogP contribution in [0.15, 0.2) is 112 Å². The van der Waals surface area contributed by atoms with E-state index in [1.54, 1.807) is 4.57 Å². The average molecular weight is 722 g/mol. The summed E-state index contributed by atoms with van der Waals surface area (Å²) in [7, 11) is 0. The Hall–Kier alpha value is -4.87. The number of hydrogen-bond donors (Lipinski definition) is 3. The molecule has 264 valence electrons. The van der Waals surface area contributed by atoms with E-state index in [-0.39, 0.29) is 29.5 Å². The van der Waals surface area contributed by atoms with Crippen molar-refractivity contribution < 1.29 is 0 Å². The van der Waals surface area contributed by atoms with Gasteiger partial charge in [-0.3, -0.25) is 29.1 Å². The maximum atomic E-state index is 12.9. The van der Waals surface area contributed by atoms with Crippen molar-refractivity contribution in [2.24, 2.45) is 0 Å². The second-order valence-corrected chi connectivity index (χ2v) is 15.5. The molecule has 11 heteroatoms. The van der Waals surface area contributed by atoms with E-state index < -0.39 is 11.4 Å². The first-order valence-electron chi connectivity index (χ1n) is 16.8. The molecule has 0 unspecified atom stereocenters. The number of pyridine rings is 1. The predicted molar refractivity (Wildman–Crippen MR) is 208 cm³/mol. The van der Waals surface area contributed by atoms with Crippen molar-refractivity contribution >= 4 is 34.4 Å². The van der Waals surface area contributed by atoms with Crippen LogP contribution in [0.25, 0.3) is 10.9 Å². The number of benzene rings is 3. The third kappa shape index (κ3) is 9.28. The Morgan fingerprint density at radius 2 is 1.20 bits per heavy atom. The normalized spacial score (nSPS) is 11.3. The molecule has 0 atom stereocenters.